The second kappa shape index (κ2) is 4.14. The van der Waals surface area contributed by atoms with Gasteiger partial charge in [-0.2, -0.15) is 0 Å². The van der Waals surface area contributed by atoms with Gasteiger partial charge in [-0.3, -0.25) is 0 Å². The van der Waals surface area contributed by atoms with E-state index in [0.29, 0.717) is 5.02 Å². The second-order valence-electron chi connectivity index (χ2n) is 2.84. The van der Waals surface area contributed by atoms with Gasteiger partial charge in [-0.15, -0.1) is 5.10 Å². The number of hydrogen-bond donors (Lipinski definition) is 1. The van der Waals surface area contributed by atoms with Crippen molar-refractivity contribution in [2.75, 3.05) is 0 Å². The molecule has 0 amide bonds. The standard InChI is InChI=1S/C10H7ClN2O2/c11-8-4-1-7(2-5-8)3-6-9-12-13-10(14)15-9/h1-6H,(H,13,14)/b6-3+. The highest BCUT2D eigenvalue weighted by molar-refractivity contribution is 6.30. The molecular weight excluding hydrogens is 216 g/mol. The Balaban J connectivity index is 2.18. The highest BCUT2D eigenvalue weighted by Gasteiger charge is 1.94. The third kappa shape index (κ3) is 2.57. The average molecular weight is 223 g/mol. The largest absolute Gasteiger partial charge is 0.434 e. The van der Waals surface area contributed by atoms with E-state index in [0.717, 1.165) is 5.56 Å². The van der Waals surface area contributed by atoms with Gasteiger partial charge >= 0.3 is 5.76 Å². The summed E-state index contributed by atoms with van der Waals surface area (Å²) in [4.78, 5) is 10.6. The number of nitrogens with zero attached hydrogens (tertiary/aromatic N) is 1. The SMILES string of the molecule is O=c1[nH]nc(/C=C/c2ccc(Cl)cc2)o1. The molecule has 5 heteroatoms. The maximum atomic E-state index is 10.6. The first-order chi connectivity index (χ1) is 7.24. The first-order valence-corrected chi connectivity index (χ1v) is 4.61. The van der Waals surface area contributed by atoms with Crippen molar-refractivity contribution in [1.29, 1.82) is 0 Å². The topological polar surface area (TPSA) is 58.9 Å². The highest BCUT2D eigenvalue weighted by atomic mass is 35.5. The summed E-state index contributed by atoms with van der Waals surface area (Å²) in [6.07, 6.45) is 3.37. The number of benzene rings is 1. The lowest BCUT2D eigenvalue weighted by molar-refractivity contribution is 0.504. The lowest BCUT2D eigenvalue weighted by atomic mass is 10.2. The fraction of sp³-hybridized carbons (Fsp3) is 0. The Labute approximate surface area is 90.2 Å². The van der Waals surface area contributed by atoms with Crippen molar-refractivity contribution >= 4 is 23.8 Å². The molecule has 0 spiro atoms. The van der Waals surface area contributed by atoms with E-state index in [1.54, 1.807) is 24.3 Å². The Kier molecular flexibility index (Phi) is 2.69. The van der Waals surface area contributed by atoms with E-state index in [9.17, 15) is 4.79 Å². The molecule has 0 bridgehead atoms. The number of rotatable bonds is 2. The van der Waals surface area contributed by atoms with Gasteiger partial charge in [-0.1, -0.05) is 23.7 Å². The summed E-state index contributed by atoms with van der Waals surface area (Å²) in [6, 6.07) is 7.26. The quantitative estimate of drug-likeness (QED) is 0.847. The predicted octanol–water partition coefficient (Wildman–Crippen LogP) is 2.19. The summed E-state index contributed by atoms with van der Waals surface area (Å²) in [6.45, 7) is 0. The molecule has 0 atom stereocenters. The molecule has 2 aromatic rings. The van der Waals surface area contributed by atoms with Crippen LogP contribution in [0.3, 0.4) is 0 Å². The number of aromatic amines is 1. The van der Waals surface area contributed by atoms with Gasteiger partial charge in [-0.05, 0) is 23.8 Å². The molecule has 0 saturated carbocycles. The van der Waals surface area contributed by atoms with Crippen LogP contribution in [0.15, 0.2) is 33.5 Å². The summed E-state index contributed by atoms with van der Waals surface area (Å²) in [5, 5.41) is 6.48. The van der Waals surface area contributed by atoms with Gasteiger partial charge in [0.15, 0.2) is 0 Å². The van der Waals surface area contributed by atoms with Gasteiger partial charge in [0.1, 0.15) is 0 Å². The molecule has 4 nitrogen and oxygen atoms in total. The highest BCUT2D eigenvalue weighted by Crippen LogP contribution is 2.11. The third-order valence-corrected chi connectivity index (χ3v) is 1.99. The molecule has 1 aromatic carbocycles. The zero-order valence-corrected chi connectivity index (χ0v) is 8.36. The van der Waals surface area contributed by atoms with Crippen molar-refractivity contribution in [3.05, 3.63) is 51.3 Å². The number of aromatic nitrogens is 2. The average Bonchev–Trinajstić information content (AvgIpc) is 2.64. The lowest BCUT2D eigenvalue weighted by Gasteiger charge is -1.91. The Morgan fingerprint density at radius 2 is 2.00 bits per heavy atom. The molecule has 0 saturated heterocycles. The number of halogens is 1. The maximum absolute atomic E-state index is 10.6. The van der Waals surface area contributed by atoms with Gasteiger partial charge in [0.25, 0.3) is 0 Å². The van der Waals surface area contributed by atoms with E-state index >= 15 is 0 Å². The summed E-state index contributed by atoms with van der Waals surface area (Å²) >= 11 is 5.73. The van der Waals surface area contributed by atoms with Crippen LogP contribution in [0.5, 0.6) is 0 Å². The smallest absolute Gasteiger partial charge is 0.388 e. The lowest BCUT2D eigenvalue weighted by Crippen LogP contribution is -1.93. The Bertz CT molecular complexity index is 525. The van der Waals surface area contributed by atoms with Crippen LogP contribution in [0, 0.1) is 0 Å². The van der Waals surface area contributed by atoms with Crippen LogP contribution in [-0.4, -0.2) is 10.2 Å². The Morgan fingerprint density at radius 3 is 2.60 bits per heavy atom. The van der Waals surface area contributed by atoms with Crippen LogP contribution in [0.1, 0.15) is 11.5 Å². The minimum Gasteiger partial charge on any atom is -0.388 e. The second-order valence-corrected chi connectivity index (χ2v) is 3.27. The van der Waals surface area contributed by atoms with Crippen LogP contribution in [-0.2, 0) is 0 Å². The Hall–Kier alpha value is -1.81. The molecule has 0 fully saturated rings. The fourth-order valence-corrected chi connectivity index (χ4v) is 1.18. The van der Waals surface area contributed by atoms with Crippen LogP contribution in [0.25, 0.3) is 12.2 Å². The van der Waals surface area contributed by atoms with Crippen LogP contribution < -0.4 is 5.76 Å². The monoisotopic (exact) mass is 222 g/mol. The molecule has 76 valence electrons. The van der Waals surface area contributed by atoms with Crippen molar-refractivity contribution in [3.8, 4) is 0 Å². The summed E-state index contributed by atoms with van der Waals surface area (Å²) in [5.41, 5.74) is 0.949. The minimum atomic E-state index is -0.564. The van der Waals surface area contributed by atoms with Gasteiger partial charge in [-0.25, -0.2) is 9.89 Å². The summed E-state index contributed by atoms with van der Waals surface area (Å²) in [7, 11) is 0. The van der Waals surface area contributed by atoms with Crippen molar-refractivity contribution < 1.29 is 4.42 Å². The molecule has 15 heavy (non-hydrogen) atoms. The number of H-pyrrole nitrogens is 1. The van der Waals surface area contributed by atoms with E-state index in [1.807, 2.05) is 12.1 Å². The van der Waals surface area contributed by atoms with E-state index in [-0.39, 0.29) is 5.89 Å². The molecule has 1 aromatic heterocycles. The van der Waals surface area contributed by atoms with Crippen molar-refractivity contribution in [2.24, 2.45) is 0 Å². The van der Waals surface area contributed by atoms with Gasteiger partial charge in [0.05, 0.1) is 0 Å². The van der Waals surface area contributed by atoms with E-state index in [4.69, 9.17) is 16.0 Å². The first kappa shape index (κ1) is 9.73. The molecule has 0 unspecified atom stereocenters. The number of hydrogen-bond acceptors (Lipinski definition) is 3. The van der Waals surface area contributed by atoms with E-state index < -0.39 is 5.76 Å². The molecule has 0 aliphatic carbocycles. The van der Waals surface area contributed by atoms with E-state index in [1.165, 1.54) is 0 Å². The Morgan fingerprint density at radius 1 is 1.27 bits per heavy atom. The predicted molar refractivity (Wildman–Crippen MR) is 57.5 cm³/mol. The summed E-state index contributed by atoms with van der Waals surface area (Å²) < 4.78 is 4.69. The fourth-order valence-electron chi connectivity index (χ4n) is 1.05. The van der Waals surface area contributed by atoms with Crippen LogP contribution >= 0.6 is 11.6 Å². The first-order valence-electron chi connectivity index (χ1n) is 4.23. The molecule has 0 radical (unpaired) electrons. The third-order valence-electron chi connectivity index (χ3n) is 1.74. The van der Waals surface area contributed by atoms with Gasteiger partial charge in [0.2, 0.25) is 5.89 Å². The van der Waals surface area contributed by atoms with Gasteiger partial charge in [0, 0.05) is 11.1 Å². The minimum absolute atomic E-state index is 0.245. The van der Waals surface area contributed by atoms with Crippen LogP contribution in [0.2, 0.25) is 5.02 Å². The maximum Gasteiger partial charge on any atom is 0.434 e. The van der Waals surface area contributed by atoms with Crippen molar-refractivity contribution in [1.82, 2.24) is 10.2 Å². The normalized spacial score (nSPS) is 11.0. The molecule has 0 aliphatic heterocycles. The molecule has 2 rings (SSSR count). The van der Waals surface area contributed by atoms with Crippen molar-refractivity contribution in [3.63, 3.8) is 0 Å². The van der Waals surface area contributed by atoms with Gasteiger partial charge < -0.3 is 4.42 Å². The zero-order chi connectivity index (χ0) is 10.7. The van der Waals surface area contributed by atoms with Crippen LogP contribution in [0.4, 0.5) is 0 Å². The summed E-state index contributed by atoms with van der Waals surface area (Å²) in [5.74, 6) is -0.319. The van der Waals surface area contributed by atoms with E-state index in [2.05, 4.69) is 10.2 Å². The molecule has 1 heterocycles. The molecular formula is C10H7ClN2O2. The van der Waals surface area contributed by atoms with Crippen molar-refractivity contribution in [2.45, 2.75) is 0 Å². The zero-order valence-electron chi connectivity index (χ0n) is 7.61. The molecule has 0 aliphatic rings. The molecule has 1 N–H and O–H groups in total. The number of nitrogens with one attached hydrogen (secondary N) is 1.